The van der Waals surface area contributed by atoms with Crippen molar-refractivity contribution in [2.24, 2.45) is 5.92 Å². The minimum atomic E-state index is -1.58. The second-order valence-corrected chi connectivity index (χ2v) is 4.01. The highest BCUT2D eigenvalue weighted by Crippen LogP contribution is 2.28. The molecule has 7 heteroatoms. The van der Waals surface area contributed by atoms with Gasteiger partial charge in [0.05, 0.1) is 13.2 Å². The van der Waals surface area contributed by atoms with Crippen LogP contribution in [0.1, 0.15) is 12.8 Å². The Morgan fingerprint density at radius 2 is 2.06 bits per heavy atom. The Hall–Kier alpha value is -1.34. The molecule has 7 nitrogen and oxygen atoms in total. The van der Waals surface area contributed by atoms with Crippen molar-refractivity contribution in [3.63, 3.8) is 0 Å². The first-order valence-corrected chi connectivity index (χ1v) is 5.60. The molecule has 1 saturated carbocycles. The molecule has 1 rings (SSSR count). The van der Waals surface area contributed by atoms with Gasteiger partial charge in [-0.2, -0.15) is 0 Å². The average Bonchev–Trinajstić information content (AvgIpc) is 3.09. The highest BCUT2D eigenvalue weighted by atomic mass is 16.5. The van der Waals surface area contributed by atoms with Crippen molar-refractivity contribution >= 4 is 12.0 Å². The minimum Gasteiger partial charge on any atom is -0.479 e. The van der Waals surface area contributed by atoms with Crippen LogP contribution >= 0.6 is 0 Å². The first kappa shape index (κ1) is 13.7. The molecule has 0 radical (unpaired) electrons. The fraction of sp³-hybridized carbons (Fsp3) is 0.800. The molecule has 0 aromatic rings. The van der Waals surface area contributed by atoms with E-state index in [1.807, 2.05) is 0 Å². The Labute approximate surface area is 99.1 Å². The van der Waals surface area contributed by atoms with Crippen molar-refractivity contribution in [2.45, 2.75) is 18.9 Å². The number of ether oxygens (including phenoxy) is 1. The number of hydrogen-bond donors (Lipinski definition) is 4. The van der Waals surface area contributed by atoms with Gasteiger partial charge in [-0.25, -0.2) is 9.59 Å². The summed E-state index contributed by atoms with van der Waals surface area (Å²) in [5.41, 5.74) is 0. The van der Waals surface area contributed by atoms with Crippen molar-refractivity contribution in [1.29, 1.82) is 0 Å². The predicted molar refractivity (Wildman–Crippen MR) is 58.6 cm³/mol. The molecule has 1 aliphatic rings. The number of nitrogens with one attached hydrogen (secondary N) is 2. The van der Waals surface area contributed by atoms with E-state index in [4.69, 9.17) is 14.9 Å². The molecular weight excluding hydrogens is 228 g/mol. The molecular formula is C10H18N2O5. The van der Waals surface area contributed by atoms with Crippen LogP contribution in [0.2, 0.25) is 0 Å². The van der Waals surface area contributed by atoms with Gasteiger partial charge in [-0.3, -0.25) is 0 Å². The lowest BCUT2D eigenvalue weighted by molar-refractivity contribution is -0.146. The SMILES string of the molecule is O=C(NCCOCC1CC1)NCC(O)C(=O)O. The number of carbonyl (C=O) groups excluding carboxylic acids is 1. The van der Waals surface area contributed by atoms with Gasteiger partial charge in [-0.1, -0.05) is 0 Å². The maximum Gasteiger partial charge on any atom is 0.334 e. The van der Waals surface area contributed by atoms with Crippen molar-refractivity contribution in [3.8, 4) is 0 Å². The van der Waals surface area contributed by atoms with Crippen LogP contribution in [0.15, 0.2) is 0 Å². The second-order valence-electron chi connectivity index (χ2n) is 4.01. The van der Waals surface area contributed by atoms with Gasteiger partial charge in [0.15, 0.2) is 6.10 Å². The number of carbonyl (C=O) groups is 2. The third-order valence-electron chi connectivity index (χ3n) is 2.32. The first-order valence-electron chi connectivity index (χ1n) is 5.60. The summed E-state index contributed by atoms with van der Waals surface area (Å²) >= 11 is 0. The Bertz CT molecular complexity index is 267. The van der Waals surface area contributed by atoms with Crippen LogP contribution in [0.5, 0.6) is 0 Å². The largest absolute Gasteiger partial charge is 0.479 e. The van der Waals surface area contributed by atoms with Crippen LogP contribution in [0.4, 0.5) is 4.79 Å². The summed E-state index contributed by atoms with van der Waals surface area (Å²) in [5.74, 6) is -0.674. The number of rotatable bonds is 8. The number of aliphatic hydroxyl groups is 1. The number of amides is 2. The molecule has 1 unspecified atom stereocenters. The summed E-state index contributed by atoms with van der Waals surface area (Å²) in [5, 5.41) is 22.0. The Morgan fingerprint density at radius 1 is 1.35 bits per heavy atom. The van der Waals surface area contributed by atoms with E-state index in [1.165, 1.54) is 12.8 Å². The monoisotopic (exact) mass is 246 g/mol. The summed E-state index contributed by atoms with van der Waals surface area (Å²) in [6, 6.07) is -0.514. The number of hydrogen-bond acceptors (Lipinski definition) is 4. The molecule has 0 aliphatic heterocycles. The molecule has 0 saturated heterocycles. The third kappa shape index (κ3) is 6.75. The van der Waals surface area contributed by atoms with E-state index in [2.05, 4.69) is 10.6 Å². The Kier molecular flexibility index (Phi) is 5.71. The topological polar surface area (TPSA) is 108 Å². The summed E-state index contributed by atoms with van der Waals surface area (Å²) in [7, 11) is 0. The Balaban J connectivity index is 1.91. The third-order valence-corrected chi connectivity index (χ3v) is 2.32. The quantitative estimate of drug-likeness (QED) is 0.418. The lowest BCUT2D eigenvalue weighted by atomic mass is 10.4. The zero-order valence-corrected chi connectivity index (χ0v) is 9.52. The van der Waals surface area contributed by atoms with Gasteiger partial charge in [-0.05, 0) is 18.8 Å². The van der Waals surface area contributed by atoms with Gasteiger partial charge >= 0.3 is 12.0 Å². The van der Waals surface area contributed by atoms with Gasteiger partial charge in [-0.15, -0.1) is 0 Å². The number of urea groups is 1. The van der Waals surface area contributed by atoms with Gasteiger partial charge in [0.1, 0.15) is 0 Å². The zero-order chi connectivity index (χ0) is 12.7. The smallest absolute Gasteiger partial charge is 0.334 e. The molecule has 98 valence electrons. The van der Waals surface area contributed by atoms with Gasteiger partial charge < -0.3 is 25.6 Å². The molecule has 2 amide bonds. The molecule has 1 atom stereocenters. The predicted octanol–water partition coefficient (Wildman–Crippen LogP) is -0.842. The molecule has 0 aromatic heterocycles. The summed E-state index contributed by atoms with van der Waals surface area (Å²) in [4.78, 5) is 21.3. The molecule has 1 fully saturated rings. The Morgan fingerprint density at radius 3 is 2.65 bits per heavy atom. The number of aliphatic carboxylic acids is 1. The molecule has 0 heterocycles. The van der Waals surface area contributed by atoms with Crippen molar-refractivity contribution in [1.82, 2.24) is 10.6 Å². The van der Waals surface area contributed by atoms with E-state index in [9.17, 15) is 9.59 Å². The van der Waals surface area contributed by atoms with E-state index in [0.717, 1.165) is 6.61 Å². The van der Waals surface area contributed by atoms with Gasteiger partial charge in [0.25, 0.3) is 0 Å². The number of carboxylic acid groups (broad SMARTS) is 1. The van der Waals surface area contributed by atoms with Crippen LogP contribution < -0.4 is 10.6 Å². The summed E-state index contributed by atoms with van der Waals surface area (Å²) in [6.07, 6.45) is 0.869. The number of carboxylic acids is 1. The van der Waals surface area contributed by atoms with Gasteiger partial charge in [0, 0.05) is 13.2 Å². The number of aliphatic hydroxyl groups excluding tert-OH is 1. The first-order chi connectivity index (χ1) is 8.09. The van der Waals surface area contributed by atoms with Crippen LogP contribution in [0.25, 0.3) is 0 Å². The fourth-order valence-corrected chi connectivity index (χ4v) is 1.11. The highest BCUT2D eigenvalue weighted by Gasteiger charge is 2.20. The van der Waals surface area contributed by atoms with Crippen molar-refractivity contribution < 1.29 is 24.5 Å². The maximum atomic E-state index is 11.1. The van der Waals surface area contributed by atoms with E-state index in [1.54, 1.807) is 0 Å². The van der Waals surface area contributed by atoms with Crippen LogP contribution in [0, 0.1) is 5.92 Å². The average molecular weight is 246 g/mol. The molecule has 4 N–H and O–H groups in total. The molecule has 0 aromatic carbocycles. The fourth-order valence-electron chi connectivity index (χ4n) is 1.11. The van der Waals surface area contributed by atoms with Crippen molar-refractivity contribution in [3.05, 3.63) is 0 Å². The normalized spacial score (nSPS) is 16.3. The second kappa shape index (κ2) is 7.08. The molecule has 0 spiro atoms. The molecule has 17 heavy (non-hydrogen) atoms. The summed E-state index contributed by atoms with van der Waals surface area (Å²) in [6.45, 7) is 1.22. The minimum absolute atomic E-state index is 0.315. The summed E-state index contributed by atoms with van der Waals surface area (Å²) < 4.78 is 5.29. The van der Waals surface area contributed by atoms with Gasteiger partial charge in [0.2, 0.25) is 0 Å². The van der Waals surface area contributed by atoms with E-state index >= 15 is 0 Å². The van der Waals surface area contributed by atoms with E-state index in [-0.39, 0.29) is 6.54 Å². The van der Waals surface area contributed by atoms with Crippen LogP contribution in [-0.4, -0.2) is 54.6 Å². The molecule has 1 aliphatic carbocycles. The van der Waals surface area contributed by atoms with Crippen molar-refractivity contribution in [2.75, 3.05) is 26.3 Å². The highest BCUT2D eigenvalue weighted by molar-refractivity contribution is 5.76. The molecule has 0 bridgehead atoms. The lowest BCUT2D eigenvalue weighted by Gasteiger charge is -2.09. The standard InChI is InChI=1S/C10H18N2O5/c13-8(9(14)15)5-12-10(16)11-3-4-17-6-7-1-2-7/h7-8,13H,1-6H2,(H,14,15)(H2,11,12,16). The van der Waals surface area contributed by atoms with E-state index in [0.29, 0.717) is 19.1 Å². The zero-order valence-electron chi connectivity index (χ0n) is 9.52. The maximum absolute atomic E-state index is 11.1. The lowest BCUT2D eigenvalue weighted by Crippen LogP contribution is -2.42. The van der Waals surface area contributed by atoms with Crippen LogP contribution in [0.3, 0.4) is 0 Å². The van der Waals surface area contributed by atoms with E-state index < -0.39 is 18.1 Å². The van der Waals surface area contributed by atoms with Crippen LogP contribution in [-0.2, 0) is 9.53 Å².